The van der Waals surface area contributed by atoms with E-state index in [2.05, 4.69) is 9.88 Å². The summed E-state index contributed by atoms with van der Waals surface area (Å²) in [6.45, 7) is 1.49. The molecule has 1 atom stereocenters. The predicted molar refractivity (Wildman–Crippen MR) is 65.1 cm³/mol. The second-order valence-electron chi connectivity index (χ2n) is 4.60. The van der Waals surface area contributed by atoms with Crippen LogP contribution in [0.25, 0.3) is 0 Å². The number of aromatic nitrogens is 1. The van der Waals surface area contributed by atoms with E-state index >= 15 is 0 Å². The van der Waals surface area contributed by atoms with Crippen molar-refractivity contribution >= 4 is 5.91 Å². The minimum Gasteiger partial charge on any atom is -0.337 e. The Morgan fingerprint density at radius 2 is 2.29 bits per heavy atom. The van der Waals surface area contributed by atoms with Crippen molar-refractivity contribution in [3.63, 3.8) is 0 Å². The zero-order chi connectivity index (χ0) is 12.4. The molecule has 0 aliphatic carbocycles. The van der Waals surface area contributed by atoms with Gasteiger partial charge in [-0.2, -0.15) is 0 Å². The summed E-state index contributed by atoms with van der Waals surface area (Å²) in [4.78, 5) is 29.7. The average molecular weight is 235 g/mol. The Morgan fingerprint density at radius 3 is 2.88 bits per heavy atom. The number of nitrogens with one attached hydrogen (secondary N) is 1. The zero-order valence-corrected chi connectivity index (χ0v) is 10.1. The van der Waals surface area contributed by atoms with Crippen LogP contribution in [0.3, 0.4) is 0 Å². The Hall–Kier alpha value is -1.62. The molecule has 0 bridgehead atoms. The molecule has 1 aromatic heterocycles. The summed E-state index contributed by atoms with van der Waals surface area (Å²) in [7, 11) is 4.04. The molecule has 1 fully saturated rings. The number of carbonyl (C=O) groups excluding carboxylic acids is 1. The van der Waals surface area contributed by atoms with E-state index in [4.69, 9.17) is 0 Å². The number of aromatic amines is 1. The summed E-state index contributed by atoms with van der Waals surface area (Å²) in [6, 6.07) is 3.42. The van der Waals surface area contributed by atoms with Crippen LogP contribution < -0.4 is 5.56 Å². The van der Waals surface area contributed by atoms with E-state index in [-0.39, 0.29) is 11.5 Å². The molecular weight excluding hydrogens is 218 g/mol. The van der Waals surface area contributed by atoms with Crippen LogP contribution >= 0.6 is 0 Å². The van der Waals surface area contributed by atoms with E-state index in [1.165, 1.54) is 12.3 Å². The van der Waals surface area contributed by atoms with Crippen LogP contribution in [0, 0.1) is 0 Å². The molecule has 1 saturated heterocycles. The number of amides is 1. The van der Waals surface area contributed by atoms with Gasteiger partial charge in [-0.25, -0.2) is 0 Å². The highest BCUT2D eigenvalue weighted by atomic mass is 16.2. The fourth-order valence-corrected chi connectivity index (χ4v) is 2.11. The maximum atomic E-state index is 12.1. The summed E-state index contributed by atoms with van der Waals surface area (Å²) in [5, 5.41) is 0. The molecule has 1 aromatic rings. The number of nitrogens with zero attached hydrogens (tertiary/aromatic N) is 2. The van der Waals surface area contributed by atoms with Gasteiger partial charge < -0.3 is 14.8 Å². The Bertz CT molecular complexity index is 467. The van der Waals surface area contributed by atoms with Gasteiger partial charge in [0.05, 0.1) is 0 Å². The Labute approximate surface area is 100 Å². The fraction of sp³-hybridized carbons (Fsp3) is 0.500. The first-order valence-corrected chi connectivity index (χ1v) is 5.72. The molecule has 92 valence electrons. The smallest absolute Gasteiger partial charge is 0.254 e. The minimum absolute atomic E-state index is 0.0551. The average Bonchev–Trinajstić information content (AvgIpc) is 2.77. The molecule has 17 heavy (non-hydrogen) atoms. The number of likely N-dealkylation sites (N-methyl/N-ethyl adjacent to an activating group) is 1. The van der Waals surface area contributed by atoms with Crippen molar-refractivity contribution in [3.8, 4) is 0 Å². The molecule has 1 aliphatic rings. The van der Waals surface area contributed by atoms with E-state index in [1.807, 2.05) is 14.1 Å². The first-order chi connectivity index (χ1) is 8.08. The third kappa shape index (κ3) is 2.55. The number of carbonyl (C=O) groups is 1. The standard InChI is InChI=1S/C12H17N3O2/c1-14(2)10-4-6-15(8-10)12(17)9-3-5-13-11(16)7-9/h3,5,7,10H,4,6,8H2,1-2H3,(H,13,16). The summed E-state index contributed by atoms with van der Waals surface area (Å²) >= 11 is 0. The van der Waals surface area contributed by atoms with E-state index in [0.29, 0.717) is 11.6 Å². The van der Waals surface area contributed by atoms with Crippen LogP contribution in [0.1, 0.15) is 16.8 Å². The summed E-state index contributed by atoms with van der Waals surface area (Å²) in [6.07, 6.45) is 2.50. The Balaban J connectivity index is 2.10. The van der Waals surface area contributed by atoms with E-state index in [1.54, 1.807) is 11.0 Å². The molecule has 1 aliphatic heterocycles. The number of H-pyrrole nitrogens is 1. The Kier molecular flexibility index (Phi) is 3.28. The van der Waals surface area contributed by atoms with Gasteiger partial charge in [0, 0.05) is 37.0 Å². The maximum Gasteiger partial charge on any atom is 0.254 e. The number of pyridine rings is 1. The lowest BCUT2D eigenvalue weighted by atomic mass is 10.2. The van der Waals surface area contributed by atoms with Gasteiger partial charge in [0.15, 0.2) is 0 Å². The van der Waals surface area contributed by atoms with Crippen molar-refractivity contribution in [1.82, 2.24) is 14.8 Å². The van der Waals surface area contributed by atoms with Crippen LogP contribution in [-0.2, 0) is 0 Å². The lowest BCUT2D eigenvalue weighted by Gasteiger charge is -2.20. The van der Waals surface area contributed by atoms with Gasteiger partial charge in [0.25, 0.3) is 5.91 Å². The second-order valence-corrected chi connectivity index (χ2v) is 4.60. The van der Waals surface area contributed by atoms with Gasteiger partial charge in [-0.3, -0.25) is 9.59 Å². The summed E-state index contributed by atoms with van der Waals surface area (Å²) in [5.41, 5.74) is 0.229. The van der Waals surface area contributed by atoms with Crippen molar-refractivity contribution < 1.29 is 4.79 Å². The second kappa shape index (κ2) is 4.71. The SMILES string of the molecule is CN(C)C1CCN(C(=O)c2cc[nH]c(=O)c2)C1. The molecule has 0 spiro atoms. The maximum absolute atomic E-state index is 12.1. The third-order valence-electron chi connectivity index (χ3n) is 3.20. The van der Waals surface area contributed by atoms with Gasteiger partial charge >= 0.3 is 0 Å². The van der Waals surface area contributed by atoms with E-state index < -0.39 is 0 Å². The van der Waals surface area contributed by atoms with Crippen molar-refractivity contribution in [2.75, 3.05) is 27.2 Å². The molecule has 2 heterocycles. The van der Waals surface area contributed by atoms with Gasteiger partial charge in [0.2, 0.25) is 5.56 Å². The van der Waals surface area contributed by atoms with Gasteiger partial charge in [0.1, 0.15) is 0 Å². The van der Waals surface area contributed by atoms with Crippen LogP contribution in [0.4, 0.5) is 0 Å². The predicted octanol–water partition coefficient (Wildman–Crippen LogP) is 0.151. The molecule has 0 saturated carbocycles. The third-order valence-corrected chi connectivity index (χ3v) is 3.20. The van der Waals surface area contributed by atoms with E-state index in [9.17, 15) is 9.59 Å². The topological polar surface area (TPSA) is 56.4 Å². The van der Waals surface area contributed by atoms with E-state index in [0.717, 1.165) is 19.5 Å². The molecule has 1 amide bonds. The molecule has 0 radical (unpaired) electrons. The molecule has 0 aromatic carbocycles. The van der Waals surface area contributed by atoms with Crippen LogP contribution in [0.15, 0.2) is 23.1 Å². The first kappa shape index (κ1) is 11.9. The lowest BCUT2D eigenvalue weighted by molar-refractivity contribution is 0.0783. The number of hydrogen-bond donors (Lipinski definition) is 1. The fourth-order valence-electron chi connectivity index (χ4n) is 2.11. The van der Waals surface area contributed by atoms with Crippen LogP contribution in [-0.4, -0.2) is 53.9 Å². The monoisotopic (exact) mass is 235 g/mol. The van der Waals surface area contributed by atoms with Gasteiger partial charge in [-0.15, -0.1) is 0 Å². The van der Waals surface area contributed by atoms with Gasteiger partial charge in [-0.05, 0) is 26.6 Å². The number of hydrogen-bond acceptors (Lipinski definition) is 3. The summed E-state index contributed by atoms with van der Waals surface area (Å²) in [5.74, 6) is -0.0551. The molecule has 2 rings (SSSR count). The highest BCUT2D eigenvalue weighted by Gasteiger charge is 2.27. The molecule has 1 N–H and O–H groups in total. The lowest BCUT2D eigenvalue weighted by Crippen LogP contribution is -2.34. The molecular formula is C12H17N3O2. The van der Waals surface area contributed by atoms with Crippen molar-refractivity contribution in [2.45, 2.75) is 12.5 Å². The highest BCUT2D eigenvalue weighted by Crippen LogP contribution is 2.15. The first-order valence-electron chi connectivity index (χ1n) is 5.72. The number of likely N-dealkylation sites (tertiary alicyclic amines) is 1. The summed E-state index contributed by atoms with van der Waals surface area (Å²) < 4.78 is 0. The molecule has 1 unspecified atom stereocenters. The molecule has 5 nitrogen and oxygen atoms in total. The van der Waals surface area contributed by atoms with Crippen molar-refractivity contribution in [2.24, 2.45) is 0 Å². The van der Waals surface area contributed by atoms with Crippen molar-refractivity contribution in [1.29, 1.82) is 0 Å². The van der Waals surface area contributed by atoms with Crippen molar-refractivity contribution in [3.05, 3.63) is 34.2 Å². The minimum atomic E-state index is -0.237. The zero-order valence-electron chi connectivity index (χ0n) is 10.1. The normalized spacial score (nSPS) is 19.9. The Morgan fingerprint density at radius 1 is 1.53 bits per heavy atom. The quantitative estimate of drug-likeness (QED) is 0.794. The van der Waals surface area contributed by atoms with Gasteiger partial charge in [-0.1, -0.05) is 0 Å². The number of rotatable bonds is 2. The van der Waals surface area contributed by atoms with Crippen LogP contribution in [0.2, 0.25) is 0 Å². The molecule has 5 heteroatoms. The van der Waals surface area contributed by atoms with Crippen LogP contribution in [0.5, 0.6) is 0 Å². The highest BCUT2D eigenvalue weighted by molar-refractivity contribution is 5.94. The largest absolute Gasteiger partial charge is 0.337 e.